The molecule has 4 heterocycles. The summed E-state index contributed by atoms with van der Waals surface area (Å²) in [5.74, 6) is 0.576. The van der Waals surface area contributed by atoms with Crippen LogP contribution >= 0.6 is 0 Å². The molecular formula is C24H30N6O. The average molecular weight is 419 g/mol. The third-order valence-corrected chi connectivity index (χ3v) is 6.48. The van der Waals surface area contributed by atoms with E-state index >= 15 is 0 Å². The lowest BCUT2D eigenvalue weighted by molar-refractivity contribution is 0.104. The van der Waals surface area contributed by atoms with Crippen molar-refractivity contribution >= 4 is 22.6 Å². The minimum atomic E-state index is -0.0611. The van der Waals surface area contributed by atoms with E-state index in [1.807, 2.05) is 35.2 Å². The number of piperidine rings is 2. The Kier molecular flexibility index (Phi) is 5.76. The first-order chi connectivity index (χ1) is 15.3. The number of nitrogens with zero attached hydrogens (tertiary/aromatic N) is 5. The quantitative estimate of drug-likeness (QED) is 0.682. The monoisotopic (exact) mass is 418 g/mol. The highest BCUT2D eigenvalue weighted by atomic mass is 16.2. The van der Waals surface area contributed by atoms with Crippen LogP contribution in [0.5, 0.6) is 0 Å². The lowest BCUT2D eigenvalue weighted by Crippen LogP contribution is -2.49. The van der Waals surface area contributed by atoms with Gasteiger partial charge in [-0.1, -0.05) is 18.6 Å². The molecule has 0 spiro atoms. The summed E-state index contributed by atoms with van der Waals surface area (Å²) < 4.78 is 0. The Hall–Kier alpha value is -3.06. The first-order valence-corrected chi connectivity index (χ1v) is 11.2. The first kappa shape index (κ1) is 19.9. The summed E-state index contributed by atoms with van der Waals surface area (Å²) in [6.45, 7) is 4.04. The van der Waals surface area contributed by atoms with E-state index in [2.05, 4.69) is 31.5 Å². The summed E-state index contributed by atoms with van der Waals surface area (Å²) in [4.78, 5) is 21.8. The number of rotatable bonds is 3. The number of hydrogen-bond acceptors (Lipinski definition) is 5. The van der Waals surface area contributed by atoms with Crippen molar-refractivity contribution in [3.63, 3.8) is 0 Å². The fourth-order valence-electron chi connectivity index (χ4n) is 4.73. The zero-order valence-corrected chi connectivity index (χ0v) is 17.7. The van der Waals surface area contributed by atoms with Crippen LogP contribution in [0.2, 0.25) is 0 Å². The number of aromatic nitrogens is 3. The van der Waals surface area contributed by atoms with Gasteiger partial charge < -0.3 is 9.80 Å². The van der Waals surface area contributed by atoms with Crippen molar-refractivity contribution in [2.24, 2.45) is 0 Å². The van der Waals surface area contributed by atoms with Gasteiger partial charge in [-0.15, -0.1) is 0 Å². The molecule has 7 heteroatoms. The normalized spacial score (nSPS) is 18.3. The van der Waals surface area contributed by atoms with Gasteiger partial charge in [0.2, 0.25) is 0 Å². The molecule has 0 unspecified atom stereocenters. The average Bonchev–Trinajstić information content (AvgIpc) is 2.85. The van der Waals surface area contributed by atoms with Crippen molar-refractivity contribution < 1.29 is 6.22 Å². The number of fused-ring (bicyclic) bond motifs is 1. The third kappa shape index (κ3) is 4.51. The number of pyridine rings is 1. The highest BCUT2D eigenvalue weighted by molar-refractivity contribution is 5.93. The third-order valence-electron chi connectivity index (χ3n) is 6.48. The van der Waals surface area contributed by atoms with Crippen molar-refractivity contribution in [1.29, 1.82) is 0 Å². The number of benzene rings is 1. The van der Waals surface area contributed by atoms with E-state index in [9.17, 15) is 4.79 Å². The largest absolute Gasteiger partial charge is 0.324 e. The van der Waals surface area contributed by atoms with E-state index in [1.54, 1.807) is 12.4 Å². The Morgan fingerprint density at radius 1 is 1.00 bits per heavy atom. The molecule has 2 saturated heterocycles. The number of urea groups is 1. The second-order valence-corrected chi connectivity index (χ2v) is 8.49. The molecule has 7 nitrogen and oxygen atoms in total. The maximum absolute atomic E-state index is 12.8. The van der Waals surface area contributed by atoms with Gasteiger partial charge in [0.1, 0.15) is 5.82 Å². The molecule has 2 fully saturated rings. The molecule has 0 aliphatic carbocycles. The van der Waals surface area contributed by atoms with Crippen LogP contribution in [0.15, 0.2) is 48.8 Å². The van der Waals surface area contributed by atoms with Crippen LogP contribution in [-0.2, 0) is 0 Å². The van der Waals surface area contributed by atoms with Crippen LogP contribution in [-0.4, -0.2) is 63.2 Å². The van der Waals surface area contributed by atoms with Crippen LogP contribution in [0.1, 0.15) is 33.5 Å². The number of nitrogens with one attached hydrogen (secondary N) is 1. The predicted molar refractivity (Wildman–Crippen MR) is 124 cm³/mol. The Morgan fingerprint density at radius 3 is 2.61 bits per heavy atom. The molecule has 31 heavy (non-hydrogen) atoms. The molecule has 2 aliphatic rings. The van der Waals surface area contributed by atoms with Crippen LogP contribution in [0.3, 0.4) is 0 Å². The summed E-state index contributed by atoms with van der Waals surface area (Å²) >= 11 is 0. The van der Waals surface area contributed by atoms with Gasteiger partial charge in [-0.05, 0) is 68.4 Å². The van der Waals surface area contributed by atoms with Gasteiger partial charge in [0, 0.05) is 43.9 Å². The van der Waals surface area contributed by atoms with Crippen molar-refractivity contribution in [2.75, 3.05) is 31.5 Å². The van der Waals surface area contributed by atoms with Gasteiger partial charge in [-0.3, -0.25) is 5.32 Å². The highest BCUT2D eigenvalue weighted by Gasteiger charge is 2.27. The molecule has 3 aromatic rings. The summed E-state index contributed by atoms with van der Waals surface area (Å²) in [5.41, 5.74) is 1.81. The van der Waals surface area contributed by atoms with Crippen LogP contribution in [0.25, 0.3) is 22.0 Å². The van der Waals surface area contributed by atoms with Gasteiger partial charge in [-0.2, -0.15) is 10.2 Å². The molecule has 0 radical (unpaired) electrons. The lowest BCUT2D eigenvalue weighted by Gasteiger charge is -2.40. The van der Waals surface area contributed by atoms with Crippen LogP contribution in [0, 0.1) is 0 Å². The van der Waals surface area contributed by atoms with E-state index in [1.165, 1.54) is 32.4 Å². The zero-order chi connectivity index (χ0) is 21.0. The molecule has 2 aromatic heterocycles. The zero-order valence-electron chi connectivity index (χ0n) is 17.7. The van der Waals surface area contributed by atoms with Gasteiger partial charge >= 0.3 is 6.03 Å². The SMILES string of the molecule is O=C(Nc1cc2cc(-c3cccnn3)ccc2cn1)N1CCC(N2CCCCC2)CC1.[HH]. The second-order valence-electron chi connectivity index (χ2n) is 8.49. The van der Waals surface area contributed by atoms with Crippen molar-refractivity contribution in [3.05, 3.63) is 48.8 Å². The molecule has 162 valence electrons. The minimum absolute atomic E-state index is 0. The Bertz CT molecular complexity index is 1050. The topological polar surface area (TPSA) is 74.2 Å². The van der Waals surface area contributed by atoms with Gasteiger partial charge in [0.25, 0.3) is 0 Å². The first-order valence-electron chi connectivity index (χ1n) is 11.2. The second kappa shape index (κ2) is 8.98. The Morgan fingerprint density at radius 2 is 1.84 bits per heavy atom. The molecule has 2 aliphatic heterocycles. The highest BCUT2D eigenvalue weighted by Crippen LogP contribution is 2.25. The molecule has 5 rings (SSSR count). The minimum Gasteiger partial charge on any atom is -0.324 e. The molecular weight excluding hydrogens is 388 g/mol. The van der Waals surface area contributed by atoms with E-state index in [0.29, 0.717) is 11.9 Å². The van der Waals surface area contributed by atoms with E-state index in [4.69, 9.17) is 0 Å². The van der Waals surface area contributed by atoms with E-state index in [0.717, 1.165) is 48.0 Å². The molecule has 2 amide bonds. The van der Waals surface area contributed by atoms with Gasteiger partial charge in [0.15, 0.2) is 0 Å². The van der Waals surface area contributed by atoms with Gasteiger partial charge in [0.05, 0.1) is 5.69 Å². The number of amides is 2. The molecule has 1 aromatic carbocycles. The summed E-state index contributed by atoms with van der Waals surface area (Å²) in [6, 6.07) is 12.4. The number of hydrogen-bond donors (Lipinski definition) is 1. The number of carbonyl (C=O) groups is 1. The van der Waals surface area contributed by atoms with Crippen molar-refractivity contribution in [1.82, 2.24) is 25.0 Å². The van der Waals surface area contributed by atoms with Gasteiger partial charge in [-0.25, -0.2) is 9.78 Å². The van der Waals surface area contributed by atoms with E-state index < -0.39 is 0 Å². The Labute approximate surface area is 184 Å². The van der Waals surface area contributed by atoms with E-state index in [-0.39, 0.29) is 7.46 Å². The smallest absolute Gasteiger partial charge is 0.323 e. The fourth-order valence-corrected chi connectivity index (χ4v) is 4.73. The maximum atomic E-state index is 12.8. The van der Waals surface area contributed by atoms with Crippen LogP contribution in [0.4, 0.5) is 10.6 Å². The standard InChI is InChI=1S/C24H28N6O.H2/c31-24(30-13-8-21(9-14-30)29-11-2-1-3-12-29)27-23-16-20-15-18(6-7-19(20)17-25-23)22-5-4-10-26-28-22;/h4-7,10,15-17,21H,1-3,8-9,11-14H2,(H,25,27,31);1H. The predicted octanol–water partition coefficient (Wildman–Crippen LogP) is 4.42. The Balaban J connectivity index is 0.00000245. The number of carbonyl (C=O) groups excluding carboxylic acids is 1. The molecule has 0 bridgehead atoms. The van der Waals surface area contributed by atoms with Crippen LogP contribution < -0.4 is 5.32 Å². The molecule has 1 N–H and O–H groups in total. The maximum Gasteiger partial charge on any atom is 0.323 e. The van der Waals surface area contributed by atoms with Crippen molar-refractivity contribution in [3.8, 4) is 11.3 Å². The summed E-state index contributed by atoms with van der Waals surface area (Å²) in [7, 11) is 0. The molecule has 0 saturated carbocycles. The molecule has 0 atom stereocenters. The lowest BCUT2D eigenvalue weighted by atomic mass is 10.0. The summed E-state index contributed by atoms with van der Waals surface area (Å²) in [5, 5.41) is 13.2. The summed E-state index contributed by atoms with van der Waals surface area (Å²) in [6.07, 6.45) is 9.56. The number of likely N-dealkylation sites (tertiary alicyclic amines) is 2. The number of anilines is 1. The van der Waals surface area contributed by atoms with Crippen molar-refractivity contribution in [2.45, 2.75) is 38.1 Å². The fraction of sp³-hybridized carbons (Fsp3) is 0.417.